The number of aromatic nitrogens is 6. The maximum absolute atomic E-state index is 12.6. The van der Waals surface area contributed by atoms with Crippen LogP contribution in [0.25, 0.3) is 22.5 Å². The molecule has 0 spiro atoms. The van der Waals surface area contributed by atoms with Crippen LogP contribution < -0.4 is 5.32 Å². The lowest BCUT2D eigenvalue weighted by Crippen LogP contribution is -2.41. The van der Waals surface area contributed by atoms with Crippen LogP contribution >= 0.6 is 11.6 Å². The summed E-state index contributed by atoms with van der Waals surface area (Å²) in [6.07, 6.45) is 5.79. The van der Waals surface area contributed by atoms with Gasteiger partial charge >= 0.3 is 5.97 Å². The summed E-state index contributed by atoms with van der Waals surface area (Å²) in [5.41, 5.74) is 4.82. The molecule has 198 valence electrons. The van der Waals surface area contributed by atoms with E-state index in [4.69, 9.17) is 16.3 Å². The summed E-state index contributed by atoms with van der Waals surface area (Å²) in [5.74, 6) is 1.24. The van der Waals surface area contributed by atoms with E-state index in [1.54, 1.807) is 0 Å². The third-order valence-electron chi connectivity index (χ3n) is 6.92. The molecule has 1 fully saturated rings. The van der Waals surface area contributed by atoms with E-state index in [9.17, 15) is 4.79 Å². The molecule has 0 radical (unpaired) electrons. The topological polar surface area (TPSA) is 111 Å². The van der Waals surface area contributed by atoms with Crippen molar-refractivity contribution in [1.82, 2.24) is 35.5 Å². The Morgan fingerprint density at radius 2 is 1.95 bits per heavy atom. The molecule has 1 saturated heterocycles. The Balaban J connectivity index is 1.36. The molecular formula is C28H32ClN7O2. The van der Waals surface area contributed by atoms with Crippen molar-refractivity contribution in [3.63, 3.8) is 0 Å². The minimum absolute atomic E-state index is 0.102. The molecule has 4 aromatic rings. The van der Waals surface area contributed by atoms with Crippen molar-refractivity contribution in [3.05, 3.63) is 70.8 Å². The number of nitrogens with one attached hydrogen (secondary N) is 2. The molecule has 0 bridgehead atoms. The number of unbranched alkanes of at least 4 members (excludes halogenated alkanes) is 1. The zero-order valence-electron chi connectivity index (χ0n) is 21.5. The third kappa shape index (κ3) is 5.95. The van der Waals surface area contributed by atoms with Gasteiger partial charge in [0.1, 0.15) is 18.5 Å². The van der Waals surface area contributed by atoms with Gasteiger partial charge in [0, 0.05) is 18.5 Å². The van der Waals surface area contributed by atoms with Crippen LogP contribution in [0.1, 0.15) is 56.1 Å². The number of piperidine rings is 1. The molecule has 0 unspecified atom stereocenters. The van der Waals surface area contributed by atoms with Crippen LogP contribution in [0.15, 0.2) is 48.5 Å². The van der Waals surface area contributed by atoms with Gasteiger partial charge in [-0.2, -0.15) is 5.21 Å². The number of hydrogen-bond acceptors (Lipinski definition) is 7. The molecule has 9 nitrogen and oxygen atoms in total. The summed E-state index contributed by atoms with van der Waals surface area (Å²) in [6, 6.07) is 16.1. The SMILES string of the molecule is CCCCc1nc(Cl)c(COC(=O)[C@@H]2CCCCN2)n1Cc1ccc(-c2ccccc2-c2nn[nH]n2)cc1. The summed E-state index contributed by atoms with van der Waals surface area (Å²) in [6.45, 7) is 3.68. The molecule has 1 aliphatic heterocycles. The van der Waals surface area contributed by atoms with Crippen LogP contribution in [-0.2, 0) is 29.1 Å². The molecule has 1 atom stereocenters. The normalized spacial score (nSPS) is 15.5. The average molecular weight is 534 g/mol. The molecule has 5 rings (SSSR count). The van der Waals surface area contributed by atoms with Crippen molar-refractivity contribution in [2.75, 3.05) is 6.54 Å². The van der Waals surface area contributed by atoms with Gasteiger partial charge in [0.15, 0.2) is 5.15 Å². The quantitative estimate of drug-likeness (QED) is 0.277. The fourth-order valence-electron chi connectivity index (χ4n) is 4.83. The highest BCUT2D eigenvalue weighted by molar-refractivity contribution is 6.30. The second kappa shape index (κ2) is 12.3. The van der Waals surface area contributed by atoms with Gasteiger partial charge in [-0.1, -0.05) is 79.9 Å². The number of carbonyl (C=O) groups is 1. The van der Waals surface area contributed by atoms with Gasteiger partial charge < -0.3 is 14.6 Å². The number of ether oxygens (including phenoxy) is 1. The minimum atomic E-state index is -0.249. The lowest BCUT2D eigenvalue weighted by atomic mass is 9.98. The summed E-state index contributed by atoms with van der Waals surface area (Å²) in [7, 11) is 0. The van der Waals surface area contributed by atoms with Crippen molar-refractivity contribution >= 4 is 17.6 Å². The maximum Gasteiger partial charge on any atom is 0.323 e. The van der Waals surface area contributed by atoms with Gasteiger partial charge in [-0.15, -0.1) is 10.2 Å². The number of rotatable bonds is 10. The predicted octanol–water partition coefficient (Wildman–Crippen LogP) is 4.96. The maximum atomic E-state index is 12.6. The van der Waals surface area contributed by atoms with E-state index in [-0.39, 0.29) is 18.6 Å². The fraction of sp³-hybridized carbons (Fsp3) is 0.393. The molecule has 0 amide bonds. The number of esters is 1. The van der Waals surface area contributed by atoms with Crippen molar-refractivity contribution in [2.45, 2.75) is 64.6 Å². The highest BCUT2D eigenvalue weighted by Gasteiger charge is 2.24. The first kappa shape index (κ1) is 26.1. The second-order valence-electron chi connectivity index (χ2n) is 9.54. The molecule has 0 saturated carbocycles. The summed E-state index contributed by atoms with van der Waals surface area (Å²) in [4.78, 5) is 17.3. The van der Waals surface area contributed by atoms with Gasteiger partial charge in [-0.05, 0) is 47.7 Å². The fourth-order valence-corrected chi connectivity index (χ4v) is 5.08. The van der Waals surface area contributed by atoms with Crippen LogP contribution in [0.2, 0.25) is 5.15 Å². The molecule has 10 heteroatoms. The first-order valence-electron chi connectivity index (χ1n) is 13.2. The number of benzene rings is 2. The second-order valence-corrected chi connectivity index (χ2v) is 9.90. The number of imidazole rings is 1. The van der Waals surface area contributed by atoms with E-state index < -0.39 is 0 Å². The molecule has 2 aromatic heterocycles. The number of aromatic amines is 1. The molecule has 0 aliphatic carbocycles. The van der Waals surface area contributed by atoms with E-state index in [0.29, 0.717) is 17.5 Å². The number of halogens is 1. The molecule has 38 heavy (non-hydrogen) atoms. The van der Waals surface area contributed by atoms with Crippen LogP contribution in [0.3, 0.4) is 0 Å². The molecule has 2 aromatic carbocycles. The van der Waals surface area contributed by atoms with E-state index in [2.05, 4.69) is 66.7 Å². The monoisotopic (exact) mass is 533 g/mol. The van der Waals surface area contributed by atoms with Gasteiger partial charge in [-0.3, -0.25) is 4.79 Å². The summed E-state index contributed by atoms with van der Waals surface area (Å²) in [5, 5.41) is 18.1. The Bertz CT molecular complexity index is 1350. The van der Waals surface area contributed by atoms with Gasteiger partial charge in [-0.25, -0.2) is 4.98 Å². The van der Waals surface area contributed by atoms with E-state index in [1.165, 1.54) is 0 Å². The molecule has 2 N–H and O–H groups in total. The van der Waals surface area contributed by atoms with Crippen molar-refractivity contribution in [2.24, 2.45) is 0 Å². The average Bonchev–Trinajstić information content (AvgIpc) is 3.60. The smallest absolute Gasteiger partial charge is 0.323 e. The van der Waals surface area contributed by atoms with Gasteiger partial charge in [0.2, 0.25) is 5.82 Å². The number of hydrogen-bond donors (Lipinski definition) is 2. The van der Waals surface area contributed by atoms with E-state index >= 15 is 0 Å². The minimum Gasteiger partial charge on any atom is -0.458 e. The van der Waals surface area contributed by atoms with Crippen LogP contribution in [0.4, 0.5) is 0 Å². The Morgan fingerprint density at radius 3 is 2.66 bits per heavy atom. The Kier molecular flexibility index (Phi) is 8.45. The molecule has 1 aliphatic rings. The first-order chi connectivity index (χ1) is 18.6. The first-order valence-corrected chi connectivity index (χ1v) is 13.6. The van der Waals surface area contributed by atoms with Crippen LogP contribution in [-0.4, -0.2) is 48.7 Å². The van der Waals surface area contributed by atoms with Crippen molar-refractivity contribution in [1.29, 1.82) is 0 Å². The van der Waals surface area contributed by atoms with Crippen LogP contribution in [0.5, 0.6) is 0 Å². The van der Waals surface area contributed by atoms with Gasteiger partial charge in [0.05, 0.1) is 5.69 Å². The lowest BCUT2D eigenvalue weighted by Gasteiger charge is -2.22. The number of tetrazole rings is 1. The zero-order valence-corrected chi connectivity index (χ0v) is 22.2. The van der Waals surface area contributed by atoms with Crippen molar-refractivity contribution in [3.8, 4) is 22.5 Å². The van der Waals surface area contributed by atoms with E-state index in [0.717, 1.165) is 78.8 Å². The third-order valence-corrected chi connectivity index (χ3v) is 7.22. The predicted molar refractivity (Wildman–Crippen MR) is 145 cm³/mol. The summed E-state index contributed by atoms with van der Waals surface area (Å²) >= 11 is 6.58. The zero-order chi connectivity index (χ0) is 26.3. The number of carbonyl (C=O) groups excluding carboxylic acids is 1. The van der Waals surface area contributed by atoms with Gasteiger partial charge in [0.25, 0.3) is 0 Å². The highest BCUT2D eigenvalue weighted by atomic mass is 35.5. The number of nitrogens with zero attached hydrogens (tertiary/aromatic N) is 5. The van der Waals surface area contributed by atoms with E-state index in [1.807, 2.05) is 24.3 Å². The lowest BCUT2D eigenvalue weighted by molar-refractivity contribution is -0.148. The number of H-pyrrole nitrogens is 1. The Labute approximate surface area is 227 Å². The highest BCUT2D eigenvalue weighted by Crippen LogP contribution is 2.30. The number of aryl methyl sites for hydroxylation is 1. The van der Waals surface area contributed by atoms with Crippen LogP contribution in [0, 0.1) is 0 Å². The van der Waals surface area contributed by atoms with Crippen molar-refractivity contribution < 1.29 is 9.53 Å². The largest absolute Gasteiger partial charge is 0.458 e. The Hall–Kier alpha value is -3.56. The summed E-state index contributed by atoms with van der Waals surface area (Å²) < 4.78 is 7.80. The Morgan fingerprint density at radius 1 is 1.13 bits per heavy atom. The standard InChI is InChI=1S/C28H32ClN7O2/c1-2-3-11-25-31-26(29)24(18-38-28(37)23-10-6-7-16-30-23)36(25)17-19-12-14-20(15-13-19)21-8-4-5-9-22(21)27-32-34-35-33-27/h4-5,8-9,12-15,23,30H,2-3,6-7,10-11,16-18H2,1H3,(H,32,33,34,35)/t23-/m0/s1. The molecular weight excluding hydrogens is 502 g/mol. The molecule has 3 heterocycles.